The predicted octanol–water partition coefficient (Wildman–Crippen LogP) is 4.17. The molecule has 0 radical (unpaired) electrons. The second-order valence-corrected chi connectivity index (χ2v) is 5.76. The van der Waals surface area contributed by atoms with Crippen molar-refractivity contribution in [3.8, 4) is 0 Å². The lowest BCUT2D eigenvalue weighted by Crippen LogP contribution is -2.18. The van der Waals surface area contributed by atoms with Gasteiger partial charge in [0.15, 0.2) is 0 Å². The molecule has 106 valence electrons. The van der Waals surface area contributed by atoms with Gasteiger partial charge < -0.3 is 9.88 Å². The smallest absolute Gasteiger partial charge is 0.226 e. The van der Waals surface area contributed by atoms with Crippen molar-refractivity contribution < 1.29 is 4.79 Å². The Bertz CT molecular complexity index is 641. The zero-order valence-electron chi connectivity index (χ0n) is 11.5. The highest BCUT2D eigenvalue weighted by Crippen LogP contribution is 2.26. The molecule has 2 heterocycles. The maximum Gasteiger partial charge on any atom is 0.226 e. The first-order chi connectivity index (χ1) is 10.3. The lowest BCUT2D eigenvalue weighted by atomic mass is 10.1. The van der Waals surface area contributed by atoms with Gasteiger partial charge in [-0.3, -0.25) is 4.79 Å². The summed E-state index contributed by atoms with van der Waals surface area (Å²) in [6.07, 6.45) is 4.42. The Kier molecular flexibility index (Phi) is 4.17. The number of benzene rings is 1. The average Bonchev–Trinajstić information content (AvgIpc) is 3.19. The fourth-order valence-corrected chi connectivity index (χ4v) is 3.13. The van der Waals surface area contributed by atoms with E-state index in [1.54, 1.807) is 11.3 Å². The van der Waals surface area contributed by atoms with Crippen LogP contribution in [0.4, 0.5) is 5.69 Å². The number of carbonyl (C=O) groups excluding carboxylic acids is 1. The standard InChI is InChI=1S/C17H16N2OS/c20-17(18-14-7-2-1-3-8-14)13-15(16-9-6-12-21-16)19-10-4-5-11-19/h1-12,15H,13H2,(H,18,20)/t15-/m0/s1. The summed E-state index contributed by atoms with van der Waals surface area (Å²) in [6, 6.07) is 17.7. The van der Waals surface area contributed by atoms with Crippen molar-refractivity contribution in [3.63, 3.8) is 0 Å². The van der Waals surface area contributed by atoms with E-state index in [0.29, 0.717) is 6.42 Å². The summed E-state index contributed by atoms with van der Waals surface area (Å²) in [5.41, 5.74) is 0.833. The van der Waals surface area contributed by atoms with Gasteiger partial charge in [0.05, 0.1) is 12.5 Å². The molecule has 0 saturated heterocycles. The van der Waals surface area contributed by atoms with E-state index in [2.05, 4.69) is 16.0 Å². The highest BCUT2D eigenvalue weighted by Gasteiger charge is 2.18. The Morgan fingerprint density at radius 2 is 1.81 bits per heavy atom. The maximum atomic E-state index is 12.3. The van der Waals surface area contributed by atoms with E-state index in [0.717, 1.165) is 5.69 Å². The fourth-order valence-electron chi connectivity index (χ4n) is 2.30. The summed E-state index contributed by atoms with van der Waals surface area (Å²) in [7, 11) is 0. The van der Waals surface area contributed by atoms with Crippen LogP contribution in [-0.2, 0) is 4.79 Å². The van der Waals surface area contributed by atoms with E-state index in [1.165, 1.54) is 4.88 Å². The first kappa shape index (κ1) is 13.6. The van der Waals surface area contributed by atoms with Crippen molar-refractivity contribution >= 4 is 22.9 Å². The molecule has 1 amide bonds. The van der Waals surface area contributed by atoms with Crippen LogP contribution in [0.15, 0.2) is 72.4 Å². The number of aromatic nitrogens is 1. The van der Waals surface area contributed by atoms with Gasteiger partial charge >= 0.3 is 0 Å². The van der Waals surface area contributed by atoms with Crippen molar-refractivity contribution in [2.45, 2.75) is 12.5 Å². The van der Waals surface area contributed by atoms with Gasteiger partial charge in [0.25, 0.3) is 0 Å². The van der Waals surface area contributed by atoms with Gasteiger partial charge in [-0.1, -0.05) is 24.3 Å². The van der Waals surface area contributed by atoms with Gasteiger partial charge in [-0.15, -0.1) is 11.3 Å². The molecule has 3 aromatic rings. The van der Waals surface area contributed by atoms with Gasteiger partial charge in [-0.2, -0.15) is 0 Å². The minimum Gasteiger partial charge on any atom is -0.346 e. The molecule has 0 spiro atoms. The van der Waals surface area contributed by atoms with Crippen LogP contribution in [0.1, 0.15) is 17.3 Å². The summed E-state index contributed by atoms with van der Waals surface area (Å²) >= 11 is 1.68. The lowest BCUT2D eigenvalue weighted by molar-refractivity contribution is -0.116. The Labute approximate surface area is 127 Å². The third-order valence-corrected chi connectivity index (χ3v) is 4.27. The van der Waals surface area contributed by atoms with Crippen LogP contribution in [0.5, 0.6) is 0 Å². The van der Waals surface area contributed by atoms with Crippen LogP contribution in [0, 0.1) is 0 Å². The first-order valence-electron chi connectivity index (χ1n) is 6.84. The number of para-hydroxylation sites is 1. The Morgan fingerprint density at radius 1 is 1.05 bits per heavy atom. The molecule has 3 nitrogen and oxygen atoms in total. The molecule has 2 aromatic heterocycles. The zero-order valence-corrected chi connectivity index (χ0v) is 12.3. The van der Waals surface area contributed by atoms with Crippen LogP contribution >= 0.6 is 11.3 Å². The van der Waals surface area contributed by atoms with Crippen LogP contribution in [-0.4, -0.2) is 10.5 Å². The van der Waals surface area contributed by atoms with E-state index in [4.69, 9.17) is 0 Å². The van der Waals surface area contributed by atoms with Crippen molar-refractivity contribution in [1.82, 2.24) is 4.57 Å². The van der Waals surface area contributed by atoms with Crippen LogP contribution in [0.25, 0.3) is 0 Å². The Morgan fingerprint density at radius 3 is 2.48 bits per heavy atom. The zero-order chi connectivity index (χ0) is 14.5. The molecule has 0 bridgehead atoms. The fraction of sp³-hybridized carbons (Fsp3) is 0.118. The summed E-state index contributed by atoms with van der Waals surface area (Å²) in [4.78, 5) is 13.5. The lowest BCUT2D eigenvalue weighted by Gasteiger charge is -2.17. The molecule has 3 rings (SSSR count). The number of thiophene rings is 1. The van der Waals surface area contributed by atoms with E-state index in [1.807, 2.05) is 66.3 Å². The minimum absolute atomic E-state index is 0.0216. The molecule has 1 aromatic carbocycles. The number of nitrogens with one attached hydrogen (secondary N) is 1. The Balaban J connectivity index is 1.75. The second-order valence-electron chi connectivity index (χ2n) is 4.78. The average molecular weight is 296 g/mol. The molecule has 0 fully saturated rings. The molecule has 1 atom stereocenters. The second kappa shape index (κ2) is 6.41. The van der Waals surface area contributed by atoms with Crippen molar-refractivity contribution in [1.29, 1.82) is 0 Å². The van der Waals surface area contributed by atoms with Crippen LogP contribution in [0.2, 0.25) is 0 Å². The summed E-state index contributed by atoms with van der Waals surface area (Å²) in [6.45, 7) is 0. The summed E-state index contributed by atoms with van der Waals surface area (Å²) < 4.78 is 2.08. The van der Waals surface area contributed by atoms with Crippen molar-refractivity contribution in [2.75, 3.05) is 5.32 Å². The van der Waals surface area contributed by atoms with Gasteiger partial charge in [0.1, 0.15) is 0 Å². The maximum absolute atomic E-state index is 12.3. The van der Waals surface area contributed by atoms with E-state index >= 15 is 0 Å². The molecule has 4 heteroatoms. The minimum atomic E-state index is 0.0216. The van der Waals surface area contributed by atoms with Crippen LogP contribution < -0.4 is 5.32 Å². The number of carbonyl (C=O) groups is 1. The number of nitrogens with zero attached hydrogens (tertiary/aromatic N) is 1. The molecule has 0 aliphatic heterocycles. The number of amides is 1. The van der Waals surface area contributed by atoms with Gasteiger partial charge in [-0.25, -0.2) is 0 Å². The molecule has 0 saturated carbocycles. The molecule has 0 aliphatic carbocycles. The third kappa shape index (κ3) is 3.41. The number of anilines is 1. The van der Waals surface area contributed by atoms with E-state index in [9.17, 15) is 4.79 Å². The molecule has 21 heavy (non-hydrogen) atoms. The SMILES string of the molecule is O=C(C[C@@H](c1cccs1)n1cccc1)Nc1ccccc1. The summed E-state index contributed by atoms with van der Waals surface area (Å²) in [5.74, 6) is 0.0216. The first-order valence-corrected chi connectivity index (χ1v) is 7.71. The molecule has 0 aliphatic rings. The normalized spacial score (nSPS) is 12.0. The van der Waals surface area contributed by atoms with Crippen molar-refractivity contribution in [3.05, 3.63) is 77.2 Å². The number of rotatable bonds is 5. The predicted molar refractivity (Wildman–Crippen MR) is 86.6 cm³/mol. The van der Waals surface area contributed by atoms with Gasteiger partial charge in [0.2, 0.25) is 5.91 Å². The monoisotopic (exact) mass is 296 g/mol. The third-order valence-electron chi connectivity index (χ3n) is 3.30. The Hall–Kier alpha value is -2.33. The highest BCUT2D eigenvalue weighted by molar-refractivity contribution is 7.10. The molecular formula is C17H16N2OS. The van der Waals surface area contributed by atoms with Crippen LogP contribution in [0.3, 0.4) is 0 Å². The van der Waals surface area contributed by atoms with E-state index in [-0.39, 0.29) is 11.9 Å². The van der Waals surface area contributed by atoms with Gasteiger partial charge in [-0.05, 0) is 35.7 Å². The molecule has 1 N–H and O–H groups in total. The summed E-state index contributed by atoms with van der Waals surface area (Å²) in [5, 5.41) is 4.99. The molecular weight excluding hydrogens is 280 g/mol. The number of hydrogen-bond acceptors (Lipinski definition) is 2. The van der Waals surface area contributed by atoms with Crippen molar-refractivity contribution in [2.24, 2.45) is 0 Å². The topological polar surface area (TPSA) is 34.0 Å². The molecule has 0 unspecified atom stereocenters. The number of hydrogen-bond donors (Lipinski definition) is 1. The highest BCUT2D eigenvalue weighted by atomic mass is 32.1. The van der Waals surface area contributed by atoms with Gasteiger partial charge in [0, 0.05) is 23.0 Å². The van der Waals surface area contributed by atoms with E-state index < -0.39 is 0 Å². The largest absolute Gasteiger partial charge is 0.346 e. The quantitative estimate of drug-likeness (QED) is 0.753.